The molecule has 2 heterocycles. The minimum atomic E-state index is -0.612. The molecular formula is C27H17N3O4S. The van der Waals surface area contributed by atoms with E-state index in [9.17, 15) is 9.59 Å². The van der Waals surface area contributed by atoms with Crippen molar-refractivity contribution in [3.8, 4) is 11.5 Å². The molecule has 7 nitrogen and oxygen atoms in total. The first kappa shape index (κ1) is 21.0. The van der Waals surface area contributed by atoms with Crippen LogP contribution in [0.2, 0.25) is 0 Å². The number of carbonyl (C=O) groups excluding carboxylic acids is 2. The zero-order valence-corrected chi connectivity index (χ0v) is 19.0. The number of benzene rings is 4. The predicted molar refractivity (Wildman–Crippen MR) is 135 cm³/mol. The predicted octanol–water partition coefficient (Wildman–Crippen LogP) is 6.05. The number of hydrogen-bond acceptors (Lipinski definition) is 7. The van der Waals surface area contributed by atoms with Gasteiger partial charge in [-0.15, -0.1) is 0 Å². The molecular weight excluding hydrogens is 462 g/mol. The van der Waals surface area contributed by atoms with E-state index in [1.165, 1.54) is 11.3 Å². The van der Waals surface area contributed by atoms with Crippen molar-refractivity contribution in [1.82, 2.24) is 9.97 Å². The van der Waals surface area contributed by atoms with E-state index in [1.54, 1.807) is 12.1 Å². The molecule has 6 rings (SSSR count). The second-order valence-electron chi connectivity index (χ2n) is 7.81. The molecule has 0 spiro atoms. The molecule has 35 heavy (non-hydrogen) atoms. The number of anilines is 1. The fraction of sp³-hybridized carbons (Fsp3) is 0.0370. The summed E-state index contributed by atoms with van der Waals surface area (Å²) in [6, 6.07) is 26.0. The van der Waals surface area contributed by atoms with Gasteiger partial charge in [0.15, 0.2) is 17.3 Å². The number of aromatic nitrogens is 2. The lowest BCUT2D eigenvalue weighted by Crippen LogP contribution is -2.21. The Balaban J connectivity index is 1.26. The largest absolute Gasteiger partial charge is 0.452 e. The third kappa shape index (κ3) is 4.00. The lowest BCUT2D eigenvalue weighted by Gasteiger charge is -2.10. The van der Waals surface area contributed by atoms with Crippen molar-refractivity contribution in [3.05, 3.63) is 90.5 Å². The van der Waals surface area contributed by atoms with Crippen LogP contribution in [0, 0.1) is 0 Å². The molecule has 0 unspecified atom stereocenters. The van der Waals surface area contributed by atoms with Crippen molar-refractivity contribution in [2.75, 3.05) is 11.9 Å². The minimum absolute atomic E-state index is 0.327. The highest BCUT2D eigenvalue weighted by Gasteiger charge is 2.19. The molecule has 170 valence electrons. The summed E-state index contributed by atoms with van der Waals surface area (Å²) in [5, 5.41) is 4.63. The number of carbonyl (C=O) groups is 2. The van der Waals surface area contributed by atoms with E-state index >= 15 is 0 Å². The van der Waals surface area contributed by atoms with Gasteiger partial charge in [-0.05, 0) is 41.8 Å². The number of nitrogens with zero attached hydrogens (tertiary/aromatic N) is 2. The minimum Gasteiger partial charge on any atom is -0.452 e. The van der Waals surface area contributed by atoms with Crippen molar-refractivity contribution >= 4 is 60.4 Å². The monoisotopic (exact) mass is 479 g/mol. The Morgan fingerprint density at radius 3 is 2.46 bits per heavy atom. The summed E-state index contributed by atoms with van der Waals surface area (Å²) in [5.74, 6) is -0.666. The Morgan fingerprint density at radius 1 is 0.857 bits per heavy atom. The zero-order valence-electron chi connectivity index (χ0n) is 18.2. The molecule has 0 saturated carbocycles. The average molecular weight is 480 g/mol. The van der Waals surface area contributed by atoms with Gasteiger partial charge in [-0.2, -0.15) is 0 Å². The van der Waals surface area contributed by atoms with Crippen LogP contribution in [-0.2, 0) is 9.53 Å². The van der Waals surface area contributed by atoms with Crippen molar-refractivity contribution in [2.45, 2.75) is 0 Å². The van der Waals surface area contributed by atoms with Crippen LogP contribution in [0.5, 0.6) is 0 Å². The Labute approximate surface area is 203 Å². The Kier molecular flexibility index (Phi) is 5.20. The number of amides is 1. The number of ether oxygens (including phenoxy) is 1. The van der Waals surface area contributed by atoms with Crippen LogP contribution < -0.4 is 5.32 Å². The number of nitrogens with one attached hydrogen (secondary N) is 1. The summed E-state index contributed by atoms with van der Waals surface area (Å²) < 4.78 is 12.3. The van der Waals surface area contributed by atoms with Gasteiger partial charge in [0.25, 0.3) is 5.91 Å². The van der Waals surface area contributed by atoms with Gasteiger partial charge in [0.05, 0.1) is 15.8 Å². The van der Waals surface area contributed by atoms with Gasteiger partial charge in [-0.3, -0.25) is 10.1 Å². The number of hydrogen-bond donors (Lipinski definition) is 1. The summed E-state index contributed by atoms with van der Waals surface area (Å²) >= 11 is 1.36. The standard InChI is InChI=1S/C27H17N3O4S/c31-23(30-27-29-20-12-2-4-14-22(20)35-27)15-33-26(32)18-10-6-8-16-7-5-9-17(24(16)18)25-28-19-11-1-3-13-21(19)34-25/h1-14H,15H2,(H,29,30,31). The Bertz CT molecular complexity index is 1670. The molecule has 0 fully saturated rings. The van der Waals surface area contributed by atoms with Gasteiger partial charge in [-0.1, -0.05) is 59.9 Å². The zero-order chi connectivity index (χ0) is 23.8. The van der Waals surface area contributed by atoms with E-state index in [1.807, 2.05) is 72.8 Å². The molecule has 6 aromatic rings. The normalized spacial score (nSPS) is 11.2. The highest BCUT2D eigenvalue weighted by molar-refractivity contribution is 7.22. The lowest BCUT2D eigenvalue weighted by atomic mass is 9.99. The van der Waals surface area contributed by atoms with Crippen LogP contribution in [0.1, 0.15) is 10.4 Å². The van der Waals surface area contributed by atoms with Gasteiger partial charge in [0, 0.05) is 10.9 Å². The first-order chi connectivity index (χ1) is 17.2. The maximum Gasteiger partial charge on any atom is 0.339 e. The molecule has 0 bridgehead atoms. The molecule has 1 N–H and O–H groups in total. The molecule has 8 heteroatoms. The number of oxazole rings is 1. The molecule has 0 saturated heterocycles. The molecule has 0 radical (unpaired) electrons. The van der Waals surface area contributed by atoms with Gasteiger partial charge in [0.1, 0.15) is 5.52 Å². The molecule has 4 aromatic carbocycles. The van der Waals surface area contributed by atoms with Crippen molar-refractivity contribution in [1.29, 1.82) is 0 Å². The quantitative estimate of drug-likeness (QED) is 0.302. The Hall–Kier alpha value is -4.56. The second kappa shape index (κ2) is 8.66. The number of esters is 1. The van der Waals surface area contributed by atoms with Crippen molar-refractivity contribution in [3.63, 3.8) is 0 Å². The maximum absolute atomic E-state index is 13.0. The molecule has 0 aliphatic heterocycles. The lowest BCUT2D eigenvalue weighted by molar-refractivity contribution is -0.119. The molecule has 0 aliphatic carbocycles. The summed E-state index contributed by atoms with van der Waals surface area (Å²) in [4.78, 5) is 34.4. The second-order valence-corrected chi connectivity index (χ2v) is 8.84. The first-order valence-corrected chi connectivity index (χ1v) is 11.7. The van der Waals surface area contributed by atoms with E-state index in [0.29, 0.717) is 33.1 Å². The summed E-state index contributed by atoms with van der Waals surface area (Å²) in [5.41, 5.74) is 3.18. The van der Waals surface area contributed by atoms with Crippen LogP contribution >= 0.6 is 11.3 Å². The van der Waals surface area contributed by atoms with Gasteiger partial charge >= 0.3 is 5.97 Å². The fourth-order valence-electron chi connectivity index (χ4n) is 3.97. The average Bonchev–Trinajstić information content (AvgIpc) is 3.50. The number of rotatable bonds is 5. The van der Waals surface area contributed by atoms with E-state index in [-0.39, 0.29) is 0 Å². The smallest absolute Gasteiger partial charge is 0.339 e. The van der Waals surface area contributed by atoms with Crippen LogP contribution in [0.4, 0.5) is 5.13 Å². The van der Waals surface area contributed by atoms with Crippen LogP contribution in [0.25, 0.3) is 43.5 Å². The van der Waals surface area contributed by atoms with E-state index < -0.39 is 18.5 Å². The summed E-state index contributed by atoms with van der Waals surface area (Å²) in [6.07, 6.45) is 0. The molecule has 0 aliphatic rings. The number of fused-ring (bicyclic) bond motifs is 3. The van der Waals surface area contributed by atoms with E-state index in [4.69, 9.17) is 9.15 Å². The first-order valence-electron chi connectivity index (χ1n) is 10.9. The fourth-order valence-corrected chi connectivity index (χ4v) is 4.85. The van der Waals surface area contributed by atoms with Crippen molar-refractivity contribution < 1.29 is 18.7 Å². The SMILES string of the molecule is O=C(COC(=O)c1cccc2cccc(-c3nc4ccccc4o3)c12)Nc1nc2ccccc2s1. The van der Waals surface area contributed by atoms with Gasteiger partial charge in [-0.25, -0.2) is 14.8 Å². The Morgan fingerprint density at radius 2 is 1.63 bits per heavy atom. The molecule has 2 aromatic heterocycles. The summed E-state index contributed by atoms with van der Waals surface area (Å²) in [6.45, 7) is -0.434. The van der Waals surface area contributed by atoms with Crippen LogP contribution in [-0.4, -0.2) is 28.5 Å². The molecule has 0 atom stereocenters. The van der Waals surface area contributed by atoms with E-state index in [2.05, 4.69) is 15.3 Å². The summed E-state index contributed by atoms with van der Waals surface area (Å²) in [7, 11) is 0. The van der Waals surface area contributed by atoms with Crippen LogP contribution in [0.15, 0.2) is 89.3 Å². The number of para-hydroxylation sites is 3. The highest BCUT2D eigenvalue weighted by Crippen LogP contribution is 2.33. The highest BCUT2D eigenvalue weighted by atomic mass is 32.1. The topological polar surface area (TPSA) is 94.3 Å². The van der Waals surface area contributed by atoms with Crippen LogP contribution in [0.3, 0.4) is 0 Å². The van der Waals surface area contributed by atoms with Crippen molar-refractivity contribution in [2.24, 2.45) is 0 Å². The number of thiazole rings is 1. The van der Waals surface area contributed by atoms with E-state index in [0.717, 1.165) is 21.1 Å². The third-order valence-electron chi connectivity index (χ3n) is 5.52. The third-order valence-corrected chi connectivity index (χ3v) is 6.48. The van der Waals surface area contributed by atoms with Gasteiger partial charge in [0.2, 0.25) is 5.89 Å². The molecule has 1 amide bonds. The maximum atomic E-state index is 13.0. The van der Waals surface area contributed by atoms with Gasteiger partial charge < -0.3 is 9.15 Å².